The summed E-state index contributed by atoms with van der Waals surface area (Å²) in [6.07, 6.45) is 5.41. The molecule has 2 heteroatoms. The van der Waals surface area contributed by atoms with E-state index in [1.165, 1.54) is 32.2 Å². The van der Waals surface area contributed by atoms with Gasteiger partial charge in [-0.05, 0) is 44.1 Å². The van der Waals surface area contributed by atoms with Crippen LogP contribution in [0.1, 0.15) is 46.5 Å². The van der Waals surface area contributed by atoms with Crippen LogP contribution in [0, 0.1) is 11.8 Å². The molecule has 2 fully saturated rings. The second kappa shape index (κ2) is 4.06. The zero-order valence-electron chi connectivity index (χ0n) is 10.5. The molecule has 15 heavy (non-hydrogen) atoms. The molecular weight excluding hydrogens is 184 g/mol. The molecule has 0 spiro atoms. The van der Waals surface area contributed by atoms with Crippen LogP contribution in [0.5, 0.6) is 0 Å². The first-order valence-electron chi connectivity index (χ1n) is 6.56. The summed E-state index contributed by atoms with van der Waals surface area (Å²) in [6, 6.07) is 0.793. The van der Waals surface area contributed by atoms with E-state index in [0.717, 1.165) is 24.4 Å². The zero-order valence-corrected chi connectivity index (χ0v) is 10.5. The summed E-state index contributed by atoms with van der Waals surface area (Å²) >= 11 is 0. The maximum absolute atomic E-state index is 6.03. The fraction of sp³-hybridized carbons (Fsp3) is 1.00. The van der Waals surface area contributed by atoms with Crippen LogP contribution in [0.25, 0.3) is 0 Å². The molecular formula is C13H26N2. The highest BCUT2D eigenvalue weighted by atomic mass is 15.3. The van der Waals surface area contributed by atoms with E-state index in [9.17, 15) is 0 Å². The van der Waals surface area contributed by atoms with Crippen molar-refractivity contribution in [2.24, 2.45) is 17.6 Å². The fourth-order valence-corrected chi connectivity index (χ4v) is 3.83. The second-order valence-corrected chi connectivity index (χ2v) is 6.09. The molecule has 2 nitrogen and oxygen atoms in total. The van der Waals surface area contributed by atoms with Gasteiger partial charge in [0.2, 0.25) is 0 Å². The Labute approximate surface area is 94.2 Å². The van der Waals surface area contributed by atoms with Gasteiger partial charge >= 0.3 is 0 Å². The van der Waals surface area contributed by atoms with Crippen molar-refractivity contribution in [1.82, 2.24) is 4.90 Å². The van der Waals surface area contributed by atoms with Crippen LogP contribution in [0.3, 0.4) is 0 Å². The van der Waals surface area contributed by atoms with Crippen molar-refractivity contribution in [3.8, 4) is 0 Å². The number of hydrogen-bond donors (Lipinski definition) is 1. The summed E-state index contributed by atoms with van der Waals surface area (Å²) in [7, 11) is 0. The van der Waals surface area contributed by atoms with Crippen molar-refractivity contribution < 1.29 is 0 Å². The van der Waals surface area contributed by atoms with Crippen LogP contribution in [-0.4, -0.2) is 29.6 Å². The van der Waals surface area contributed by atoms with E-state index in [2.05, 4.69) is 25.7 Å². The molecule has 0 radical (unpaired) electrons. The van der Waals surface area contributed by atoms with Crippen LogP contribution in [0.15, 0.2) is 0 Å². The van der Waals surface area contributed by atoms with Gasteiger partial charge in [-0.1, -0.05) is 20.8 Å². The third kappa shape index (κ3) is 1.83. The minimum atomic E-state index is 0.380. The molecule has 2 rings (SSSR count). The van der Waals surface area contributed by atoms with Crippen molar-refractivity contribution in [2.75, 3.05) is 13.1 Å². The Morgan fingerprint density at radius 2 is 2.07 bits per heavy atom. The van der Waals surface area contributed by atoms with Gasteiger partial charge in [0.25, 0.3) is 0 Å². The molecule has 2 aliphatic rings. The first kappa shape index (κ1) is 11.4. The number of nitrogens with zero attached hydrogens (tertiary/aromatic N) is 1. The van der Waals surface area contributed by atoms with E-state index in [0.29, 0.717) is 5.54 Å². The number of likely N-dealkylation sites (tertiary alicyclic amines) is 1. The molecule has 1 atom stereocenters. The summed E-state index contributed by atoms with van der Waals surface area (Å²) in [5, 5.41) is 0. The Kier molecular flexibility index (Phi) is 3.09. The molecule has 0 aromatic heterocycles. The molecule has 1 aliphatic heterocycles. The topological polar surface area (TPSA) is 29.3 Å². The molecule has 0 aromatic rings. The average molecular weight is 210 g/mol. The smallest absolute Gasteiger partial charge is 0.0339 e. The fourth-order valence-electron chi connectivity index (χ4n) is 3.83. The maximum atomic E-state index is 6.03. The van der Waals surface area contributed by atoms with Gasteiger partial charge in [0.1, 0.15) is 0 Å². The van der Waals surface area contributed by atoms with E-state index in [4.69, 9.17) is 5.73 Å². The SMILES string of the molecule is CC1CC(CN)(N2CCCC2C(C)C)C1. The normalized spacial score (nSPS) is 42.2. The molecule has 1 saturated heterocycles. The highest BCUT2D eigenvalue weighted by Gasteiger charge is 2.49. The molecule has 1 unspecified atom stereocenters. The lowest BCUT2D eigenvalue weighted by Gasteiger charge is -2.54. The predicted octanol–water partition coefficient (Wildman–Crippen LogP) is 2.23. The lowest BCUT2D eigenvalue weighted by molar-refractivity contribution is -0.0317. The summed E-state index contributed by atoms with van der Waals surface area (Å²) < 4.78 is 0. The summed E-state index contributed by atoms with van der Waals surface area (Å²) in [6.45, 7) is 9.21. The van der Waals surface area contributed by atoms with Crippen molar-refractivity contribution in [1.29, 1.82) is 0 Å². The average Bonchev–Trinajstić information content (AvgIpc) is 2.61. The third-order valence-corrected chi connectivity index (χ3v) is 4.51. The van der Waals surface area contributed by atoms with E-state index in [1.54, 1.807) is 0 Å². The number of nitrogens with two attached hydrogens (primary N) is 1. The lowest BCUT2D eigenvalue weighted by atomic mass is 9.67. The predicted molar refractivity (Wildman–Crippen MR) is 64.7 cm³/mol. The Hall–Kier alpha value is -0.0800. The molecule has 1 saturated carbocycles. The van der Waals surface area contributed by atoms with Crippen LogP contribution in [-0.2, 0) is 0 Å². The van der Waals surface area contributed by atoms with Crippen molar-refractivity contribution in [2.45, 2.75) is 58.0 Å². The maximum Gasteiger partial charge on any atom is 0.0339 e. The highest BCUT2D eigenvalue weighted by Crippen LogP contribution is 2.45. The van der Waals surface area contributed by atoms with Gasteiger partial charge in [-0.25, -0.2) is 0 Å². The molecule has 88 valence electrons. The second-order valence-electron chi connectivity index (χ2n) is 6.09. The molecule has 0 bridgehead atoms. The van der Waals surface area contributed by atoms with Crippen LogP contribution in [0.2, 0.25) is 0 Å². The third-order valence-electron chi connectivity index (χ3n) is 4.51. The Morgan fingerprint density at radius 1 is 1.40 bits per heavy atom. The van der Waals surface area contributed by atoms with Gasteiger partial charge in [-0.15, -0.1) is 0 Å². The molecule has 2 N–H and O–H groups in total. The van der Waals surface area contributed by atoms with Crippen molar-refractivity contribution in [3.05, 3.63) is 0 Å². The Morgan fingerprint density at radius 3 is 2.53 bits per heavy atom. The van der Waals surface area contributed by atoms with E-state index >= 15 is 0 Å². The molecule has 0 amide bonds. The van der Waals surface area contributed by atoms with Gasteiger partial charge in [-0.2, -0.15) is 0 Å². The monoisotopic (exact) mass is 210 g/mol. The lowest BCUT2D eigenvalue weighted by Crippen LogP contribution is -2.63. The largest absolute Gasteiger partial charge is 0.329 e. The summed E-state index contributed by atoms with van der Waals surface area (Å²) in [5.41, 5.74) is 6.41. The van der Waals surface area contributed by atoms with E-state index in [1.807, 2.05) is 0 Å². The highest BCUT2D eigenvalue weighted by molar-refractivity contribution is 5.05. The van der Waals surface area contributed by atoms with Crippen molar-refractivity contribution >= 4 is 0 Å². The van der Waals surface area contributed by atoms with E-state index < -0.39 is 0 Å². The summed E-state index contributed by atoms with van der Waals surface area (Å²) in [5.74, 6) is 1.67. The number of hydrogen-bond acceptors (Lipinski definition) is 2. The van der Waals surface area contributed by atoms with Gasteiger partial charge in [-0.3, -0.25) is 4.90 Å². The summed E-state index contributed by atoms with van der Waals surface area (Å²) in [4.78, 5) is 2.75. The molecule has 0 aromatic carbocycles. The van der Waals surface area contributed by atoms with Gasteiger partial charge in [0.05, 0.1) is 0 Å². The quantitative estimate of drug-likeness (QED) is 0.774. The first-order valence-corrected chi connectivity index (χ1v) is 6.56. The molecule has 1 aliphatic carbocycles. The minimum absolute atomic E-state index is 0.380. The van der Waals surface area contributed by atoms with E-state index in [-0.39, 0.29) is 0 Å². The minimum Gasteiger partial charge on any atom is -0.329 e. The van der Waals surface area contributed by atoms with Gasteiger partial charge in [0, 0.05) is 18.1 Å². The first-order chi connectivity index (χ1) is 7.09. The van der Waals surface area contributed by atoms with Crippen LogP contribution in [0.4, 0.5) is 0 Å². The Bertz CT molecular complexity index is 219. The van der Waals surface area contributed by atoms with Gasteiger partial charge in [0.15, 0.2) is 0 Å². The van der Waals surface area contributed by atoms with Crippen LogP contribution < -0.4 is 5.73 Å². The Balaban J connectivity index is 2.08. The standard InChI is InChI=1S/C13H26N2/c1-10(2)12-5-4-6-15(12)13(9-14)7-11(3)8-13/h10-12H,4-9,14H2,1-3H3. The van der Waals surface area contributed by atoms with Crippen LogP contribution >= 0.6 is 0 Å². The van der Waals surface area contributed by atoms with Gasteiger partial charge < -0.3 is 5.73 Å². The molecule has 1 heterocycles. The zero-order chi connectivity index (χ0) is 11.1. The van der Waals surface area contributed by atoms with Crippen molar-refractivity contribution in [3.63, 3.8) is 0 Å². The number of rotatable bonds is 3.